The predicted octanol–water partition coefficient (Wildman–Crippen LogP) is 41.1. The van der Waals surface area contributed by atoms with Gasteiger partial charge in [-0.1, -0.05) is 304 Å². The Labute approximate surface area is 872 Å². The number of hydrogen-bond donors (Lipinski definition) is 0. The highest BCUT2D eigenvalue weighted by Gasteiger charge is 2.24. The number of aryl methyl sites for hydroxylation is 3. The summed E-state index contributed by atoms with van der Waals surface area (Å²) in [7, 11) is 0. The number of benzene rings is 20. The summed E-state index contributed by atoms with van der Waals surface area (Å²) in [5, 5.41) is 2.56. The molecule has 0 saturated carbocycles. The SMILES string of the molecule is CCC(C)c1ccc(N(c2ccccc2)c2ccc(-n3c4ccccc4c4ccccc43)cc2)cc1.CCC(C)c1ccc(N(c2ccccc2)c2ccc(N(c3cccc(C)c3)c3cccc(C)c3)cc2)cc1.CCC(C)c1ccc(N(c2ccccc2)c2ccc(N(c3ccccc3)c3cccc(C)c3)cc2)cc1.CCC(C)c1ccc(N(c2ccccc2)c2ccc(N(c3ccccc3)c3ccccc3)cc2)cc1. The summed E-state index contributed by atoms with van der Waals surface area (Å²) < 4.78 is 2.36. The summed E-state index contributed by atoms with van der Waals surface area (Å²) in [5.41, 5.74) is 36.9. The molecule has 21 rings (SSSR count). The first kappa shape index (κ1) is 99.9. The van der Waals surface area contributed by atoms with Crippen LogP contribution in [0.5, 0.6) is 0 Å². The summed E-state index contributed by atoms with van der Waals surface area (Å²) in [6.07, 6.45) is 4.57. The Kier molecular flexibility index (Phi) is 32.8. The van der Waals surface area contributed by atoms with Gasteiger partial charge < -0.3 is 38.9 Å². The van der Waals surface area contributed by atoms with E-state index >= 15 is 0 Å². The number of hydrogen-bond acceptors (Lipinski definition) is 7. The van der Waals surface area contributed by atoms with E-state index in [1.165, 1.54) is 60.8 Å². The van der Waals surface area contributed by atoms with Crippen LogP contribution in [-0.4, -0.2) is 4.57 Å². The second-order valence-electron chi connectivity index (χ2n) is 38.3. The smallest absolute Gasteiger partial charge is 0.0541 e. The van der Waals surface area contributed by atoms with Crippen LogP contribution >= 0.6 is 0 Å². The molecular formula is C139H132N8. The van der Waals surface area contributed by atoms with Crippen molar-refractivity contribution in [3.05, 3.63) is 567 Å². The first-order valence-electron chi connectivity index (χ1n) is 52.1. The zero-order valence-electron chi connectivity index (χ0n) is 86.4. The Balaban J connectivity index is 0.000000128. The molecule has 8 heteroatoms. The summed E-state index contributed by atoms with van der Waals surface area (Å²) in [6, 6.07) is 189. The third-order valence-corrected chi connectivity index (χ3v) is 28.3. The molecule has 20 aromatic carbocycles. The second kappa shape index (κ2) is 48.3. The average Bonchev–Trinajstić information content (AvgIpc) is 1.60. The van der Waals surface area contributed by atoms with E-state index in [-0.39, 0.29) is 0 Å². The van der Waals surface area contributed by atoms with Crippen molar-refractivity contribution in [2.75, 3.05) is 34.3 Å². The zero-order chi connectivity index (χ0) is 101. The van der Waals surface area contributed by atoms with Crippen molar-refractivity contribution in [2.45, 2.75) is 126 Å². The molecule has 0 fully saturated rings. The molecule has 8 nitrogen and oxygen atoms in total. The van der Waals surface area contributed by atoms with Crippen LogP contribution in [0.3, 0.4) is 0 Å². The molecule has 0 saturated heterocycles. The second-order valence-corrected chi connectivity index (χ2v) is 38.3. The number of aromatic nitrogens is 1. The number of anilines is 21. The van der Waals surface area contributed by atoms with Gasteiger partial charge in [-0.25, -0.2) is 0 Å². The Hall–Kier alpha value is -17.2. The van der Waals surface area contributed by atoms with Crippen LogP contribution in [-0.2, 0) is 0 Å². The lowest BCUT2D eigenvalue weighted by molar-refractivity contribution is 0.733. The van der Waals surface area contributed by atoms with E-state index in [9.17, 15) is 0 Å². The van der Waals surface area contributed by atoms with Crippen molar-refractivity contribution >= 4 is 141 Å². The number of fused-ring (bicyclic) bond motifs is 3. The third-order valence-electron chi connectivity index (χ3n) is 28.3. The minimum Gasteiger partial charge on any atom is -0.311 e. The summed E-state index contributed by atoms with van der Waals surface area (Å²) in [6.45, 7) is 24.5. The van der Waals surface area contributed by atoms with Crippen molar-refractivity contribution in [3.8, 4) is 5.69 Å². The quantitative estimate of drug-likeness (QED) is 0.0443. The van der Waals surface area contributed by atoms with Crippen molar-refractivity contribution in [1.82, 2.24) is 4.57 Å². The monoisotopic (exact) mass is 1910 g/mol. The maximum atomic E-state index is 2.36. The third kappa shape index (κ3) is 23.8. The van der Waals surface area contributed by atoms with Gasteiger partial charge in [-0.05, 0) is 388 Å². The molecule has 0 bridgehead atoms. The van der Waals surface area contributed by atoms with E-state index in [1.807, 2.05) is 0 Å². The van der Waals surface area contributed by atoms with Crippen molar-refractivity contribution in [1.29, 1.82) is 0 Å². The van der Waals surface area contributed by atoms with Crippen LogP contribution in [0.1, 0.15) is 144 Å². The highest BCUT2D eigenvalue weighted by molar-refractivity contribution is 6.09. The van der Waals surface area contributed by atoms with E-state index in [4.69, 9.17) is 0 Å². The van der Waals surface area contributed by atoms with Crippen LogP contribution in [0.2, 0.25) is 0 Å². The number of para-hydroxylation sites is 9. The first-order valence-corrected chi connectivity index (χ1v) is 52.1. The van der Waals surface area contributed by atoms with E-state index in [1.54, 1.807) is 0 Å². The van der Waals surface area contributed by atoms with Crippen LogP contribution in [0.25, 0.3) is 27.5 Å². The van der Waals surface area contributed by atoms with Gasteiger partial charge in [0.25, 0.3) is 0 Å². The molecule has 4 unspecified atom stereocenters. The molecule has 1 heterocycles. The standard InChI is InChI=1S/C36H36N2.C35H34N2.C34H30N2.C34H32N2/c1-5-29(4)30-17-19-32(20-18-30)37(31-13-7-6-8-14-31)33-21-23-34(24-22-33)38(35-15-9-11-27(2)25-35)36-16-10-12-28(3)26-36;1-4-28(3)29-18-20-32(21-19-29)36(30-13-7-5-8-14-30)33-22-24-34(25-23-33)37(31-15-9-6-10-16-31)35-17-11-12-27(2)26-35;1-3-25(2)26-17-19-28(20-18-26)35(27-11-5-4-6-12-27)29-21-23-30(24-22-29)36-33-15-9-7-13-31(33)32-14-8-10-16-34(32)36;1-3-27(2)28-19-21-32(22-20-28)36(31-17-11-6-12-18-31)34-25-23-33(24-26-34)35(29-13-7-4-8-14-29)30-15-9-5-10-16-30/h6-26,29H,5H2,1-4H3;5-26,28H,4H2,1-3H3;4-25H,3H2,1-2H3;4-27H,3H2,1-2H3. The molecule has 0 radical (unpaired) electrons. The number of rotatable bonds is 30. The molecule has 0 aliphatic rings. The topological polar surface area (TPSA) is 27.6 Å². The fraction of sp³-hybridized carbons (Fsp3) is 0.137. The Morgan fingerprint density at radius 3 is 0.497 bits per heavy atom. The van der Waals surface area contributed by atoms with Gasteiger partial charge >= 0.3 is 0 Å². The molecule has 21 aromatic rings. The Morgan fingerprint density at radius 1 is 0.156 bits per heavy atom. The minimum atomic E-state index is 0.558. The van der Waals surface area contributed by atoms with Gasteiger partial charge in [-0.2, -0.15) is 0 Å². The fourth-order valence-electron chi connectivity index (χ4n) is 19.4. The summed E-state index contributed by atoms with van der Waals surface area (Å²) in [4.78, 5) is 16.2. The molecular weight excluding hydrogens is 1780 g/mol. The maximum absolute atomic E-state index is 2.36. The van der Waals surface area contributed by atoms with Gasteiger partial charge in [0.2, 0.25) is 0 Å². The van der Waals surface area contributed by atoms with Crippen molar-refractivity contribution in [3.63, 3.8) is 0 Å². The van der Waals surface area contributed by atoms with E-state index in [2.05, 4.69) is 643 Å². The van der Waals surface area contributed by atoms with Crippen molar-refractivity contribution in [2.24, 2.45) is 0 Å². The van der Waals surface area contributed by atoms with E-state index in [0.29, 0.717) is 23.7 Å². The van der Waals surface area contributed by atoms with Crippen LogP contribution < -0.4 is 34.3 Å². The van der Waals surface area contributed by atoms with Crippen LogP contribution in [0.4, 0.5) is 119 Å². The van der Waals surface area contributed by atoms with E-state index in [0.717, 1.165) is 151 Å². The van der Waals surface area contributed by atoms with Crippen molar-refractivity contribution < 1.29 is 0 Å². The zero-order valence-corrected chi connectivity index (χ0v) is 86.4. The molecule has 0 spiro atoms. The van der Waals surface area contributed by atoms with E-state index < -0.39 is 0 Å². The lowest BCUT2D eigenvalue weighted by Gasteiger charge is -2.29. The molecule has 0 amide bonds. The lowest BCUT2D eigenvalue weighted by Crippen LogP contribution is -2.12. The lowest BCUT2D eigenvalue weighted by atomic mass is 9.98. The van der Waals surface area contributed by atoms with Gasteiger partial charge in [-0.15, -0.1) is 0 Å². The van der Waals surface area contributed by atoms with Crippen LogP contribution in [0, 0.1) is 20.8 Å². The molecule has 728 valence electrons. The normalized spacial score (nSPS) is 11.8. The Morgan fingerprint density at radius 2 is 0.306 bits per heavy atom. The van der Waals surface area contributed by atoms with Gasteiger partial charge in [-0.3, -0.25) is 0 Å². The number of nitrogens with zero attached hydrogens (tertiary/aromatic N) is 8. The molecule has 1 aromatic heterocycles. The van der Waals surface area contributed by atoms with Gasteiger partial charge in [0.05, 0.1) is 11.0 Å². The summed E-state index contributed by atoms with van der Waals surface area (Å²) in [5.74, 6) is 2.24. The highest BCUT2D eigenvalue weighted by Crippen LogP contribution is 2.47. The predicted molar refractivity (Wildman–Crippen MR) is 632 cm³/mol. The average molecular weight is 1910 g/mol. The molecule has 0 aliphatic heterocycles. The first-order chi connectivity index (χ1) is 72.1. The Bertz CT molecular complexity index is 7550. The highest BCUT2D eigenvalue weighted by atomic mass is 15.2. The van der Waals surface area contributed by atoms with Crippen LogP contribution in [0.15, 0.2) is 528 Å². The molecule has 4 atom stereocenters. The fourth-order valence-corrected chi connectivity index (χ4v) is 19.4. The minimum absolute atomic E-state index is 0.558. The molecule has 0 N–H and O–H groups in total. The molecule has 0 aliphatic carbocycles. The molecule has 147 heavy (non-hydrogen) atoms. The largest absolute Gasteiger partial charge is 0.311 e. The van der Waals surface area contributed by atoms with Gasteiger partial charge in [0.1, 0.15) is 0 Å². The van der Waals surface area contributed by atoms with Gasteiger partial charge in [0.15, 0.2) is 0 Å². The van der Waals surface area contributed by atoms with Gasteiger partial charge in [0, 0.05) is 136 Å². The summed E-state index contributed by atoms with van der Waals surface area (Å²) >= 11 is 0. The maximum Gasteiger partial charge on any atom is 0.0541 e.